The number of benzene rings is 1. The standard InChI is InChI=1S/C21H29N5O2/c1-3-11-22-20(27)26-12-9-21(10-13-26)14-17(25(2)15-21)18-23-19(28-24-18)16-7-5-4-6-8-16/h4-8,17H,3,9-15H2,1-2H3,(H,22,27). The van der Waals surface area contributed by atoms with Gasteiger partial charge in [0.25, 0.3) is 5.89 Å². The normalized spacial score (nSPS) is 21.9. The Bertz CT molecular complexity index is 798. The molecule has 3 heterocycles. The van der Waals surface area contributed by atoms with Crippen molar-refractivity contribution in [2.24, 2.45) is 5.41 Å². The number of amides is 2. The molecule has 1 spiro atoms. The van der Waals surface area contributed by atoms with E-state index in [1.807, 2.05) is 35.2 Å². The molecule has 2 fully saturated rings. The number of rotatable bonds is 4. The van der Waals surface area contributed by atoms with Crippen molar-refractivity contribution in [1.82, 2.24) is 25.3 Å². The minimum atomic E-state index is 0.0743. The molecule has 2 amide bonds. The van der Waals surface area contributed by atoms with Crippen molar-refractivity contribution < 1.29 is 9.32 Å². The first-order chi connectivity index (χ1) is 13.6. The number of nitrogens with zero attached hydrogens (tertiary/aromatic N) is 4. The van der Waals surface area contributed by atoms with Crippen LogP contribution >= 0.6 is 0 Å². The van der Waals surface area contributed by atoms with Gasteiger partial charge in [-0.2, -0.15) is 4.98 Å². The van der Waals surface area contributed by atoms with E-state index in [-0.39, 0.29) is 17.5 Å². The summed E-state index contributed by atoms with van der Waals surface area (Å²) in [5, 5.41) is 7.26. The molecule has 1 aromatic carbocycles. The topological polar surface area (TPSA) is 74.5 Å². The largest absolute Gasteiger partial charge is 0.338 e. The number of nitrogens with one attached hydrogen (secondary N) is 1. The third-order valence-corrected chi connectivity index (χ3v) is 6.14. The first kappa shape index (κ1) is 18.9. The van der Waals surface area contributed by atoms with E-state index in [4.69, 9.17) is 4.52 Å². The number of aromatic nitrogens is 2. The molecule has 2 aliphatic heterocycles. The lowest BCUT2D eigenvalue weighted by Crippen LogP contribution is -2.48. The predicted molar refractivity (Wildman–Crippen MR) is 107 cm³/mol. The predicted octanol–water partition coefficient (Wildman–Crippen LogP) is 3.32. The zero-order valence-electron chi connectivity index (χ0n) is 16.7. The van der Waals surface area contributed by atoms with Crippen LogP contribution in [0.25, 0.3) is 11.5 Å². The van der Waals surface area contributed by atoms with Gasteiger partial charge < -0.3 is 14.7 Å². The van der Waals surface area contributed by atoms with Gasteiger partial charge in [-0.15, -0.1) is 0 Å². The van der Waals surface area contributed by atoms with Crippen LogP contribution in [0.1, 0.15) is 44.5 Å². The van der Waals surface area contributed by atoms with Crippen LogP contribution in [0.4, 0.5) is 4.79 Å². The highest BCUT2D eigenvalue weighted by Gasteiger charge is 2.46. The molecule has 4 rings (SSSR count). The Labute approximate surface area is 166 Å². The van der Waals surface area contributed by atoms with Gasteiger partial charge in [-0.3, -0.25) is 4.90 Å². The molecule has 1 atom stereocenters. The summed E-state index contributed by atoms with van der Waals surface area (Å²) in [7, 11) is 2.14. The lowest BCUT2D eigenvalue weighted by atomic mass is 9.76. The Morgan fingerprint density at radius 3 is 2.75 bits per heavy atom. The number of likely N-dealkylation sites (tertiary alicyclic amines) is 2. The van der Waals surface area contributed by atoms with Gasteiger partial charge in [0.05, 0.1) is 6.04 Å². The number of hydrogen-bond acceptors (Lipinski definition) is 5. The summed E-state index contributed by atoms with van der Waals surface area (Å²) >= 11 is 0. The molecule has 2 aliphatic rings. The highest BCUT2D eigenvalue weighted by atomic mass is 16.5. The summed E-state index contributed by atoms with van der Waals surface area (Å²) < 4.78 is 5.52. The SMILES string of the molecule is CCCNC(=O)N1CCC2(CC1)CC(c1noc(-c3ccccc3)n1)N(C)C2. The van der Waals surface area contributed by atoms with Gasteiger partial charge in [-0.1, -0.05) is 30.3 Å². The molecule has 1 aromatic heterocycles. The molecule has 0 bridgehead atoms. The maximum atomic E-state index is 12.2. The highest BCUT2D eigenvalue weighted by Crippen LogP contribution is 2.47. The Kier molecular flexibility index (Phi) is 5.35. The lowest BCUT2D eigenvalue weighted by molar-refractivity contribution is 0.122. The zero-order valence-corrected chi connectivity index (χ0v) is 16.7. The Hall–Kier alpha value is -2.41. The third kappa shape index (κ3) is 3.76. The van der Waals surface area contributed by atoms with Crippen LogP contribution in [-0.4, -0.2) is 59.2 Å². The summed E-state index contributed by atoms with van der Waals surface area (Å²) in [4.78, 5) is 21.2. The van der Waals surface area contributed by atoms with Gasteiger partial charge in [0.1, 0.15) is 0 Å². The molecule has 1 N–H and O–H groups in total. The van der Waals surface area contributed by atoms with Crippen molar-refractivity contribution in [2.75, 3.05) is 33.2 Å². The number of urea groups is 1. The quantitative estimate of drug-likeness (QED) is 0.877. The summed E-state index contributed by atoms with van der Waals surface area (Å²) in [6, 6.07) is 10.1. The van der Waals surface area contributed by atoms with Crippen molar-refractivity contribution in [1.29, 1.82) is 0 Å². The highest BCUT2D eigenvalue weighted by molar-refractivity contribution is 5.74. The monoisotopic (exact) mass is 383 g/mol. The number of carbonyl (C=O) groups is 1. The molecule has 0 radical (unpaired) electrons. The van der Waals surface area contributed by atoms with Crippen molar-refractivity contribution >= 4 is 6.03 Å². The molecule has 28 heavy (non-hydrogen) atoms. The van der Waals surface area contributed by atoms with Crippen molar-refractivity contribution in [3.8, 4) is 11.5 Å². The van der Waals surface area contributed by atoms with E-state index >= 15 is 0 Å². The fourth-order valence-corrected chi connectivity index (χ4v) is 4.52. The van der Waals surface area contributed by atoms with Gasteiger partial charge in [0, 0.05) is 31.7 Å². The van der Waals surface area contributed by atoms with Crippen molar-refractivity contribution in [2.45, 2.75) is 38.6 Å². The minimum Gasteiger partial charge on any atom is -0.338 e. The molecular formula is C21H29N5O2. The van der Waals surface area contributed by atoms with E-state index in [9.17, 15) is 4.79 Å². The van der Waals surface area contributed by atoms with Crippen LogP contribution in [0.2, 0.25) is 0 Å². The summed E-state index contributed by atoms with van der Waals surface area (Å²) in [6.07, 6.45) is 4.03. The summed E-state index contributed by atoms with van der Waals surface area (Å²) in [5.41, 5.74) is 1.18. The van der Waals surface area contributed by atoms with Crippen molar-refractivity contribution in [3.63, 3.8) is 0 Å². The van der Waals surface area contributed by atoms with Gasteiger partial charge in [-0.25, -0.2) is 4.79 Å². The minimum absolute atomic E-state index is 0.0743. The maximum Gasteiger partial charge on any atom is 0.317 e. The molecular weight excluding hydrogens is 354 g/mol. The Morgan fingerprint density at radius 2 is 2.04 bits per heavy atom. The molecule has 150 valence electrons. The van der Waals surface area contributed by atoms with Crippen LogP contribution in [0, 0.1) is 5.41 Å². The smallest absolute Gasteiger partial charge is 0.317 e. The van der Waals surface area contributed by atoms with Crippen LogP contribution < -0.4 is 5.32 Å². The zero-order chi connectivity index (χ0) is 19.6. The van der Waals surface area contributed by atoms with E-state index in [0.717, 1.165) is 63.3 Å². The number of carbonyl (C=O) groups excluding carboxylic acids is 1. The first-order valence-electron chi connectivity index (χ1n) is 10.2. The molecule has 0 saturated carbocycles. The van der Waals surface area contributed by atoms with Gasteiger partial charge in [-0.05, 0) is 50.3 Å². The average molecular weight is 383 g/mol. The molecule has 0 aliphatic carbocycles. The van der Waals surface area contributed by atoms with Crippen LogP contribution in [-0.2, 0) is 0 Å². The van der Waals surface area contributed by atoms with Crippen LogP contribution in [0.15, 0.2) is 34.9 Å². The molecule has 7 heteroatoms. The molecule has 7 nitrogen and oxygen atoms in total. The molecule has 1 unspecified atom stereocenters. The molecule has 2 aromatic rings. The van der Waals surface area contributed by atoms with Gasteiger partial charge in [0.2, 0.25) is 0 Å². The average Bonchev–Trinajstić information content (AvgIpc) is 3.32. The fraction of sp³-hybridized carbons (Fsp3) is 0.571. The van der Waals surface area contributed by atoms with Crippen molar-refractivity contribution in [3.05, 3.63) is 36.2 Å². The van der Waals surface area contributed by atoms with E-state index in [2.05, 4.69) is 34.3 Å². The Morgan fingerprint density at radius 1 is 1.29 bits per heavy atom. The van der Waals surface area contributed by atoms with Gasteiger partial charge >= 0.3 is 6.03 Å². The van der Waals surface area contributed by atoms with E-state index in [0.29, 0.717) is 5.89 Å². The van der Waals surface area contributed by atoms with E-state index in [1.54, 1.807) is 0 Å². The number of piperidine rings is 1. The van der Waals surface area contributed by atoms with Crippen LogP contribution in [0.3, 0.4) is 0 Å². The lowest BCUT2D eigenvalue weighted by Gasteiger charge is -2.39. The third-order valence-electron chi connectivity index (χ3n) is 6.14. The Balaban J connectivity index is 1.40. The second-order valence-corrected chi connectivity index (χ2v) is 8.18. The molecule has 2 saturated heterocycles. The summed E-state index contributed by atoms with van der Waals surface area (Å²) in [5.74, 6) is 1.34. The first-order valence-corrected chi connectivity index (χ1v) is 10.2. The van der Waals surface area contributed by atoms with E-state index in [1.165, 1.54) is 0 Å². The maximum absolute atomic E-state index is 12.2. The second kappa shape index (κ2) is 7.91. The summed E-state index contributed by atoms with van der Waals surface area (Å²) in [6.45, 7) is 5.46. The second-order valence-electron chi connectivity index (χ2n) is 8.18. The number of hydrogen-bond donors (Lipinski definition) is 1. The van der Waals surface area contributed by atoms with E-state index < -0.39 is 0 Å². The van der Waals surface area contributed by atoms with Crippen LogP contribution in [0.5, 0.6) is 0 Å². The van der Waals surface area contributed by atoms with Gasteiger partial charge in [0.15, 0.2) is 5.82 Å². The fourth-order valence-electron chi connectivity index (χ4n) is 4.52.